The average molecular weight is 524 g/mol. The second kappa shape index (κ2) is 8.51. The summed E-state index contributed by atoms with van der Waals surface area (Å²) in [6, 6.07) is 10.4. The molecule has 1 spiro atoms. The van der Waals surface area contributed by atoms with Gasteiger partial charge in [-0.05, 0) is 55.1 Å². The van der Waals surface area contributed by atoms with E-state index in [0.29, 0.717) is 12.5 Å². The summed E-state index contributed by atoms with van der Waals surface area (Å²) in [5, 5.41) is 4.54. The number of allylic oxidation sites excluding steroid dienone is 3. The first-order valence-corrected chi connectivity index (χ1v) is 14.4. The van der Waals surface area contributed by atoms with Crippen molar-refractivity contribution in [1.82, 2.24) is 19.6 Å². The van der Waals surface area contributed by atoms with Crippen LogP contribution in [-0.4, -0.2) is 62.4 Å². The Labute approximate surface area is 230 Å². The molecule has 39 heavy (non-hydrogen) atoms. The molecule has 0 radical (unpaired) electrons. The zero-order valence-electron chi connectivity index (χ0n) is 23.1. The summed E-state index contributed by atoms with van der Waals surface area (Å²) in [5.74, 6) is 1.59. The lowest BCUT2D eigenvalue weighted by Crippen LogP contribution is -2.51. The minimum atomic E-state index is -0.600. The van der Waals surface area contributed by atoms with Crippen molar-refractivity contribution in [3.05, 3.63) is 72.1 Å². The number of amidine groups is 1. The summed E-state index contributed by atoms with van der Waals surface area (Å²) < 4.78 is 1.83. The van der Waals surface area contributed by atoms with Crippen LogP contribution in [0.3, 0.4) is 0 Å². The van der Waals surface area contributed by atoms with Crippen LogP contribution in [0.1, 0.15) is 57.1 Å². The highest BCUT2D eigenvalue weighted by Crippen LogP contribution is 2.52. The first-order chi connectivity index (χ1) is 18.7. The summed E-state index contributed by atoms with van der Waals surface area (Å²) in [6.07, 6.45) is 15.3. The third-order valence-electron chi connectivity index (χ3n) is 9.81. The number of hydrogen-bond acceptors (Lipinski definition) is 4. The Kier molecular flexibility index (Phi) is 5.36. The van der Waals surface area contributed by atoms with Gasteiger partial charge in [-0.2, -0.15) is 5.10 Å². The number of amides is 2. The molecule has 2 unspecified atom stereocenters. The second-order valence-corrected chi connectivity index (χ2v) is 12.7. The van der Waals surface area contributed by atoms with Crippen molar-refractivity contribution >= 4 is 23.2 Å². The molecule has 3 aliphatic carbocycles. The highest BCUT2D eigenvalue weighted by molar-refractivity contribution is 6.15. The van der Waals surface area contributed by atoms with Gasteiger partial charge < -0.3 is 4.90 Å². The quantitative estimate of drug-likeness (QED) is 0.565. The number of likely N-dealkylation sites (tertiary alicyclic amines) is 1. The van der Waals surface area contributed by atoms with Gasteiger partial charge in [0.15, 0.2) is 0 Å². The van der Waals surface area contributed by atoms with Crippen molar-refractivity contribution < 1.29 is 9.59 Å². The fraction of sp³-hybridized carbons (Fsp3) is 0.500. The Morgan fingerprint density at radius 2 is 1.90 bits per heavy atom. The second-order valence-electron chi connectivity index (χ2n) is 12.7. The fourth-order valence-electron chi connectivity index (χ4n) is 6.85. The van der Waals surface area contributed by atoms with Crippen LogP contribution < -0.4 is 0 Å². The number of rotatable bonds is 6. The summed E-state index contributed by atoms with van der Waals surface area (Å²) in [5.41, 5.74) is 2.06. The topological polar surface area (TPSA) is 70.8 Å². The van der Waals surface area contributed by atoms with Gasteiger partial charge >= 0.3 is 0 Å². The standard InChI is InChI=1S/C32H37N5O2/c1-22-17-25(24-7-5-4-6-8-24)9-11-32(22,26-18-33-35(3)21-26)27-34-31(14-15-31)29(39)37(27)20-23-10-16-36(19-23)28(38)30(2)12-13-30/h4-9,11,17-18,21-23H,10,12-16,19-20H2,1-3H3/t22?,23-,32?/m1/s1. The summed E-state index contributed by atoms with van der Waals surface area (Å²) >= 11 is 0. The number of aliphatic imine (C=N–C) groups is 1. The smallest absolute Gasteiger partial charge is 0.255 e. The molecule has 2 saturated carbocycles. The Bertz CT molecular complexity index is 1430. The molecule has 202 valence electrons. The van der Waals surface area contributed by atoms with E-state index in [1.165, 1.54) is 11.1 Å². The molecule has 5 aliphatic rings. The molecule has 2 amide bonds. The Morgan fingerprint density at radius 1 is 1.13 bits per heavy atom. The maximum Gasteiger partial charge on any atom is 0.255 e. The Hall–Kier alpha value is -3.48. The molecular formula is C32H37N5O2. The van der Waals surface area contributed by atoms with Crippen LogP contribution >= 0.6 is 0 Å². The molecule has 2 aliphatic heterocycles. The van der Waals surface area contributed by atoms with E-state index >= 15 is 0 Å². The maximum atomic E-state index is 14.0. The highest BCUT2D eigenvalue weighted by atomic mass is 16.2. The van der Waals surface area contributed by atoms with Crippen molar-refractivity contribution in [2.75, 3.05) is 19.6 Å². The van der Waals surface area contributed by atoms with E-state index in [0.717, 1.165) is 56.6 Å². The molecule has 7 nitrogen and oxygen atoms in total. The van der Waals surface area contributed by atoms with Crippen LogP contribution in [0.15, 0.2) is 65.9 Å². The largest absolute Gasteiger partial charge is 0.342 e. The highest BCUT2D eigenvalue weighted by Gasteiger charge is 2.61. The van der Waals surface area contributed by atoms with Gasteiger partial charge in [-0.15, -0.1) is 0 Å². The van der Waals surface area contributed by atoms with Gasteiger partial charge in [-0.3, -0.25) is 24.2 Å². The van der Waals surface area contributed by atoms with E-state index in [2.05, 4.69) is 67.6 Å². The van der Waals surface area contributed by atoms with E-state index in [-0.39, 0.29) is 23.2 Å². The predicted molar refractivity (Wildman–Crippen MR) is 151 cm³/mol. The summed E-state index contributed by atoms with van der Waals surface area (Å²) in [7, 11) is 1.94. The van der Waals surface area contributed by atoms with Crippen LogP contribution in [0.5, 0.6) is 0 Å². The van der Waals surface area contributed by atoms with Gasteiger partial charge in [0.1, 0.15) is 11.4 Å². The van der Waals surface area contributed by atoms with E-state index in [9.17, 15) is 9.59 Å². The zero-order chi connectivity index (χ0) is 27.0. The molecule has 1 aromatic carbocycles. The third kappa shape index (κ3) is 3.84. The van der Waals surface area contributed by atoms with Crippen molar-refractivity contribution in [3.63, 3.8) is 0 Å². The molecule has 3 fully saturated rings. The minimum absolute atomic E-state index is 0.0568. The number of carbonyl (C=O) groups is 2. The first-order valence-electron chi connectivity index (χ1n) is 14.4. The van der Waals surface area contributed by atoms with Gasteiger partial charge in [0, 0.05) is 43.9 Å². The molecule has 0 bridgehead atoms. The van der Waals surface area contributed by atoms with Crippen molar-refractivity contribution in [2.24, 2.45) is 29.3 Å². The van der Waals surface area contributed by atoms with Crippen LogP contribution in [0.25, 0.3) is 5.57 Å². The normalized spacial score (nSPS) is 30.1. The number of carbonyl (C=O) groups excluding carboxylic acids is 2. The maximum absolute atomic E-state index is 14.0. The molecule has 7 heteroatoms. The molecular weight excluding hydrogens is 486 g/mol. The number of nitrogens with zero attached hydrogens (tertiary/aromatic N) is 5. The molecule has 2 aromatic rings. The Balaban J connectivity index is 1.24. The average Bonchev–Trinajstić information content (AvgIpc) is 3.75. The minimum Gasteiger partial charge on any atom is -0.342 e. The number of aryl methyl sites for hydroxylation is 1. The lowest BCUT2D eigenvalue weighted by atomic mass is 9.67. The van der Waals surface area contributed by atoms with Crippen LogP contribution in [0.4, 0.5) is 0 Å². The predicted octanol–water partition coefficient (Wildman–Crippen LogP) is 4.37. The number of benzene rings is 1. The van der Waals surface area contributed by atoms with Gasteiger partial charge in [-0.25, -0.2) is 0 Å². The summed E-state index contributed by atoms with van der Waals surface area (Å²) in [6.45, 7) is 6.43. The first kappa shape index (κ1) is 24.6. The van der Waals surface area contributed by atoms with E-state index < -0.39 is 11.0 Å². The molecule has 1 saturated heterocycles. The molecule has 0 N–H and O–H groups in total. The van der Waals surface area contributed by atoms with E-state index in [1.807, 2.05) is 33.8 Å². The molecule has 7 rings (SSSR count). The SMILES string of the molecule is CC1C=C(c2ccccc2)C=CC1(C1=NC2(CC2)C(=O)N1C[C@@H]1CCN(C(=O)C2(C)CC2)C1)c1cnn(C)c1. The van der Waals surface area contributed by atoms with Crippen LogP contribution in [0, 0.1) is 17.3 Å². The lowest BCUT2D eigenvalue weighted by molar-refractivity contribution is -0.135. The summed E-state index contributed by atoms with van der Waals surface area (Å²) in [4.78, 5) is 36.3. The van der Waals surface area contributed by atoms with Crippen molar-refractivity contribution in [1.29, 1.82) is 0 Å². The molecule has 1 aromatic heterocycles. The molecule has 3 heterocycles. The fourth-order valence-corrected chi connectivity index (χ4v) is 6.85. The van der Waals surface area contributed by atoms with Crippen molar-refractivity contribution in [2.45, 2.75) is 56.9 Å². The van der Waals surface area contributed by atoms with Gasteiger partial charge in [0.25, 0.3) is 5.91 Å². The van der Waals surface area contributed by atoms with Gasteiger partial charge in [-0.1, -0.05) is 62.4 Å². The monoisotopic (exact) mass is 523 g/mol. The number of aromatic nitrogens is 2. The van der Waals surface area contributed by atoms with E-state index in [1.54, 1.807) is 0 Å². The van der Waals surface area contributed by atoms with Crippen molar-refractivity contribution in [3.8, 4) is 0 Å². The van der Waals surface area contributed by atoms with E-state index in [4.69, 9.17) is 4.99 Å². The molecule has 3 atom stereocenters. The van der Waals surface area contributed by atoms with Gasteiger partial charge in [0.2, 0.25) is 5.91 Å². The van der Waals surface area contributed by atoms with Crippen LogP contribution in [-0.2, 0) is 22.1 Å². The third-order valence-corrected chi connectivity index (χ3v) is 9.81. The lowest BCUT2D eigenvalue weighted by Gasteiger charge is -2.41. The van der Waals surface area contributed by atoms with Gasteiger partial charge in [0.05, 0.1) is 11.6 Å². The zero-order valence-corrected chi connectivity index (χ0v) is 23.1. The number of hydrogen-bond donors (Lipinski definition) is 0. The Morgan fingerprint density at radius 3 is 2.54 bits per heavy atom. The van der Waals surface area contributed by atoms with Crippen LogP contribution in [0.2, 0.25) is 0 Å².